The topological polar surface area (TPSA) is 57.7 Å². The Morgan fingerprint density at radius 2 is 1.59 bits per heavy atom. The maximum Gasteiger partial charge on any atom is 0.264 e. The van der Waals surface area contributed by atoms with E-state index in [4.69, 9.17) is 0 Å². The van der Waals surface area contributed by atoms with Gasteiger partial charge in [0.2, 0.25) is 5.91 Å². The van der Waals surface area contributed by atoms with Crippen LogP contribution in [0.25, 0.3) is 0 Å². The van der Waals surface area contributed by atoms with Gasteiger partial charge in [0.15, 0.2) is 0 Å². The van der Waals surface area contributed by atoms with Gasteiger partial charge in [0.25, 0.3) is 10.0 Å². The molecule has 0 spiro atoms. The highest BCUT2D eigenvalue weighted by molar-refractivity contribution is 9.10. The molecule has 0 atom stereocenters. The number of amides is 1. The number of para-hydroxylation sites is 1. The summed E-state index contributed by atoms with van der Waals surface area (Å²) in [5, 5.41) is 0. The predicted octanol–water partition coefficient (Wildman–Crippen LogP) is 4.23. The maximum absolute atomic E-state index is 13.4. The van der Waals surface area contributed by atoms with Gasteiger partial charge >= 0.3 is 0 Å². The lowest BCUT2D eigenvalue weighted by Crippen LogP contribution is -2.42. The molecule has 4 rings (SSSR count). The molecule has 1 aliphatic heterocycles. The van der Waals surface area contributed by atoms with E-state index in [0.29, 0.717) is 12.2 Å². The normalized spacial score (nSPS) is 13.2. The first-order valence-corrected chi connectivity index (χ1v) is 11.4. The smallest absolute Gasteiger partial charge is 0.264 e. The highest BCUT2D eigenvalue weighted by Gasteiger charge is 2.31. The zero-order chi connectivity index (χ0) is 20.4. The molecule has 3 aromatic carbocycles. The van der Waals surface area contributed by atoms with Crippen molar-refractivity contribution < 1.29 is 13.2 Å². The number of sulfonamides is 1. The molecule has 1 amide bonds. The first-order chi connectivity index (χ1) is 14.0. The highest BCUT2D eigenvalue weighted by Crippen LogP contribution is 2.29. The number of fused-ring (bicyclic) bond motifs is 1. The van der Waals surface area contributed by atoms with E-state index in [1.807, 2.05) is 24.3 Å². The van der Waals surface area contributed by atoms with E-state index >= 15 is 0 Å². The van der Waals surface area contributed by atoms with E-state index in [9.17, 15) is 13.2 Å². The van der Waals surface area contributed by atoms with Gasteiger partial charge in [0.1, 0.15) is 6.54 Å². The van der Waals surface area contributed by atoms with Crippen LogP contribution in [-0.2, 0) is 21.2 Å². The summed E-state index contributed by atoms with van der Waals surface area (Å²) in [4.78, 5) is 15.0. The van der Waals surface area contributed by atoms with E-state index in [2.05, 4.69) is 15.9 Å². The zero-order valence-electron chi connectivity index (χ0n) is 15.5. The molecule has 0 unspecified atom stereocenters. The van der Waals surface area contributed by atoms with Crippen molar-refractivity contribution in [3.63, 3.8) is 0 Å². The molecule has 5 nitrogen and oxygen atoms in total. The number of carbonyl (C=O) groups excluding carboxylic acids is 1. The SMILES string of the molecule is O=C(CN(c1ccc(Br)cc1)S(=O)(=O)c1ccccc1)N1CCc2ccccc21. The highest BCUT2D eigenvalue weighted by atomic mass is 79.9. The second-order valence-corrected chi connectivity index (χ2v) is 9.50. The van der Waals surface area contributed by atoms with E-state index in [1.165, 1.54) is 16.4 Å². The van der Waals surface area contributed by atoms with E-state index < -0.39 is 10.0 Å². The van der Waals surface area contributed by atoms with Gasteiger partial charge in [-0.1, -0.05) is 52.3 Å². The lowest BCUT2D eigenvalue weighted by atomic mass is 10.2. The first kappa shape index (κ1) is 19.7. The minimum atomic E-state index is -3.90. The van der Waals surface area contributed by atoms with Crippen LogP contribution in [0.1, 0.15) is 5.56 Å². The van der Waals surface area contributed by atoms with Crippen LogP contribution in [0.5, 0.6) is 0 Å². The Balaban J connectivity index is 1.70. The van der Waals surface area contributed by atoms with Gasteiger partial charge in [-0.2, -0.15) is 0 Å². The van der Waals surface area contributed by atoms with Gasteiger partial charge in [-0.3, -0.25) is 9.10 Å². The van der Waals surface area contributed by atoms with Gasteiger partial charge < -0.3 is 4.90 Å². The Kier molecular flexibility index (Phi) is 5.43. The molecule has 3 aromatic rings. The Bertz CT molecular complexity index is 1130. The van der Waals surface area contributed by atoms with Crippen molar-refractivity contribution >= 4 is 43.2 Å². The summed E-state index contributed by atoms with van der Waals surface area (Å²) in [6, 6.07) is 22.8. The summed E-state index contributed by atoms with van der Waals surface area (Å²) in [6.45, 7) is 0.283. The molecule has 0 aromatic heterocycles. The third-order valence-corrected chi connectivity index (χ3v) is 7.23. The fourth-order valence-electron chi connectivity index (χ4n) is 3.45. The van der Waals surface area contributed by atoms with Crippen molar-refractivity contribution in [1.29, 1.82) is 0 Å². The Hall–Kier alpha value is -2.64. The summed E-state index contributed by atoms with van der Waals surface area (Å²) in [5.74, 6) is -0.252. The minimum Gasteiger partial charge on any atom is -0.310 e. The largest absolute Gasteiger partial charge is 0.310 e. The molecule has 1 heterocycles. The van der Waals surface area contributed by atoms with Crippen LogP contribution in [0.3, 0.4) is 0 Å². The standard InChI is InChI=1S/C22H19BrN2O3S/c23-18-10-12-19(13-11-18)25(29(27,28)20-7-2-1-3-8-20)16-22(26)24-15-14-17-6-4-5-9-21(17)24/h1-13H,14-16H2. The Labute approximate surface area is 178 Å². The molecule has 148 valence electrons. The minimum absolute atomic E-state index is 0.151. The number of halogens is 1. The molecule has 0 saturated heterocycles. The molecule has 1 aliphatic rings. The number of hydrogen-bond donors (Lipinski definition) is 0. The van der Waals surface area contributed by atoms with Gasteiger partial charge in [-0.15, -0.1) is 0 Å². The van der Waals surface area contributed by atoms with Crippen molar-refractivity contribution in [2.75, 3.05) is 22.3 Å². The molecular formula is C22H19BrN2O3S. The molecule has 0 N–H and O–H groups in total. The predicted molar refractivity (Wildman–Crippen MR) is 118 cm³/mol. The van der Waals surface area contributed by atoms with Gasteiger partial charge in [0.05, 0.1) is 10.6 Å². The number of anilines is 2. The monoisotopic (exact) mass is 470 g/mol. The van der Waals surface area contributed by atoms with Gasteiger partial charge in [0, 0.05) is 16.7 Å². The number of carbonyl (C=O) groups is 1. The van der Waals surface area contributed by atoms with E-state index in [1.54, 1.807) is 47.4 Å². The second-order valence-electron chi connectivity index (χ2n) is 6.73. The van der Waals surface area contributed by atoms with Crippen molar-refractivity contribution in [2.45, 2.75) is 11.3 Å². The summed E-state index contributed by atoms with van der Waals surface area (Å²) in [7, 11) is -3.90. The Morgan fingerprint density at radius 3 is 2.31 bits per heavy atom. The van der Waals surface area contributed by atoms with Crippen LogP contribution in [0, 0.1) is 0 Å². The number of benzene rings is 3. The fourth-order valence-corrected chi connectivity index (χ4v) is 5.15. The molecule has 0 aliphatic carbocycles. The Morgan fingerprint density at radius 1 is 0.931 bits per heavy atom. The zero-order valence-corrected chi connectivity index (χ0v) is 17.9. The fraction of sp³-hybridized carbons (Fsp3) is 0.136. The van der Waals surface area contributed by atoms with Crippen molar-refractivity contribution in [1.82, 2.24) is 0 Å². The van der Waals surface area contributed by atoms with Gasteiger partial charge in [-0.25, -0.2) is 8.42 Å². The van der Waals surface area contributed by atoms with E-state index in [0.717, 1.165) is 22.1 Å². The van der Waals surface area contributed by atoms with Crippen LogP contribution in [0.4, 0.5) is 11.4 Å². The summed E-state index contributed by atoms with van der Waals surface area (Å²) < 4.78 is 28.7. The summed E-state index contributed by atoms with van der Waals surface area (Å²) >= 11 is 3.37. The average molecular weight is 471 g/mol. The quantitative estimate of drug-likeness (QED) is 0.560. The number of rotatable bonds is 5. The molecular weight excluding hydrogens is 452 g/mol. The summed E-state index contributed by atoms with van der Waals surface area (Å²) in [6.07, 6.45) is 0.769. The lowest BCUT2D eigenvalue weighted by Gasteiger charge is -2.27. The third-order valence-electron chi connectivity index (χ3n) is 4.91. The van der Waals surface area contributed by atoms with Crippen LogP contribution < -0.4 is 9.21 Å². The maximum atomic E-state index is 13.4. The lowest BCUT2D eigenvalue weighted by molar-refractivity contribution is -0.117. The number of hydrogen-bond acceptors (Lipinski definition) is 3. The first-order valence-electron chi connectivity index (χ1n) is 9.18. The molecule has 29 heavy (non-hydrogen) atoms. The van der Waals surface area contributed by atoms with Crippen molar-refractivity contribution in [2.24, 2.45) is 0 Å². The van der Waals surface area contributed by atoms with Crippen LogP contribution >= 0.6 is 15.9 Å². The van der Waals surface area contributed by atoms with Gasteiger partial charge in [-0.05, 0) is 54.4 Å². The van der Waals surface area contributed by atoms with Crippen molar-refractivity contribution in [3.8, 4) is 0 Å². The van der Waals surface area contributed by atoms with Crippen molar-refractivity contribution in [3.05, 3.63) is 88.9 Å². The van der Waals surface area contributed by atoms with Crippen LogP contribution in [0.15, 0.2) is 88.2 Å². The van der Waals surface area contributed by atoms with Crippen LogP contribution in [0.2, 0.25) is 0 Å². The average Bonchev–Trinajstić information content (AvgIpc) is 3.17. The molecule has 0 saturated carbocycles. The molecule has 0 bridgehead atoms. The van der Waals surface area contributed by atoms with E-state index in [-0.39, 0.29) is 17.3 Å². The second kappa shape index (κ2) is 8.00. The molecule has 0 radical (unpaired) electrons. The molecule has 7 heteroatoms. The van der Waals surface area contributed by atoms with Crippen LogP contribution in [-0.4, -0.2) is 27.4 Å². The summed E-state index contributed by atoms with van der Waals surface area (Å²) in [5.41, 5.74) is 2.39. The third kappa shape index (κ3) is 3.93. The number of nitrogens with zero attached hydrogens (tertiary/aromatic N) is 2. The molecule has 0 fully saturated rings.